The first-order chi connectivity index (χ1) is 34.2. The molecule has 20 heteroatoms. The smallest absolute Gasteiger partial charge is 0.354 e. The molecule has 0 fully saturated rings. The Bertz CT molecular complexity index is 2960. The van der Waals surface area contributed by atoms with Crippen molar-refractivity contribution < 1.29 is 71.0 Å². The van der Waals surface area contributed by atoms with Crippen molar-refractivity contribution in [3.63, 3.8) is 0 Å². The van der Waals surface area contributed by atoms with Crippen LogP contribution in [-0.2, 0) is 26.2 Å². The SMILES string of the molecule is FC(F)(F)CC[n+]1ccccc1-c1c2nc(c(-c3cccc[n+]3CCC(F)(F)F)c3ccc([nH]3)c(-c3cccc[n+]3CCC(F)(F)F)c3nc(c(-c4cccc[n+]4CCC(F)(F)F)c4ccc1[nH]4)C=C3)C=C2. The molecular formula is C52H42F12N8+4. The van der Waals surface area contributed by atoms with E-state index in [4.69, 9.17) is 9.97 Å². The first-order valence-electron chi connectivity index (χ1n) is 22.6. The van der Waals surface area contributed by atoms with E-state index in [0.717, 1.165) is 0 Å². The molecule has 0 aromatic carbocycles. The summed E-state index contributed by atoms with van der Waals surface area (Å²) in [5.41, 5.74) is 4.62. The number of aromatic amines is 2. The van der Waals surface area contributed by atoms with Gasteiger partial charge in [0.05, 0.1) is 67.1 Å². The first-order valence-corrected chi connectivity index (χ1v) is 22.6. The van der Waals surface area contributed by atoms with E-state index in [-0.39, 0.29) is 22.8 Å². The van der Waals surface area contributed by atoms with Gasteiger partial charge in [0.1, 0.15) is 25.7 Å². The van der Waals surface area contributed by atoms with Gasteiger partial charge in [0.15, 0.2) is 51.0 Å². The van der Waals surface area contributed by atoms with Crippen LogP contribution < -0.4 is 18.3 Å². The predicted octanol–water partition coefficient (Wildman–Crippen LogP) is 12.3. The molecule has 7 aromatic rings. The number of nitrogens with zero attached hydrogens (tertiary/aromatic N) is 6. The average Bonchev–Trinajstić information content (AvgIpc) is 4.18. The molecule has 0 saturated carbocycles. The fraction of sp³-hybridized carbons (Fsp3) is 0.231. The van der Waals surface area contributed by atoms with Gasteiger partial charge >= 0.3 is 24.7 Å². The maximum absolute atomic E-state index is 13.8. The average molecular weight is 1010 g/mol. The minimum atomic E-state index is -4.53. The largest absolute Gasteiger partial charge is 0.395 e. The zero-order chi connectivity index (χ0) is 51.0. The third-order valence-corrected chi connectivity index (χ3v) is 12.1. The molecule has 8 nitrogen and oxygen atoms in total. The Labute approximate surface area is 402 Å². The summed E-state index contributed by atoms with van der Waals surface area (Å²) in [6.45, 7) is -1.97. The Balaban J connectivity index is 1.44. The second-order valence-electron chi connectivity index (χ2n) is 17.1. The number of alkyl halides is 12. The molecule has 0 amide bonds. The highest BCUT2D eigenvalue weighted by atomic mass is 19.4. The highest BCUT2D eigenvalue weighted by Gasteiger charge is 2.35. The number of hydrogen-bond donors (Lipinski definition) is 2. The highest BCUT2D eigenvalue weighted by molar-refractivity contribution is 5.97. The highest BCUT2D eigenvalue weighted by Crippen LogP contribution is 2.37. The molecule has 370 valence electrons. The fourth-order valence-corrected chi connectivity index (χ4v) is 8.87. The lowest BCUT2D eigenvalue weighted by molar-refractivity contribution is -0.689. The van der Waals surface area contributed by atoms with Crippen LogP contribution in [-0.4, -0.2) is 44.6 Å². The van der Waals surface area contributed by atoms with Crippen LogP contribution in [0.3, 0.4) is 0 Å². The maximum atomic E-state index is 13.8. The minimum absolute atomic E-state index is 0.233. The lowest BCUT2D eigenvalue weighted by Crippen LogP contribution is -2.38. The number of halogens is 12. The van der Waals surface area contributed by atoms with Gasteiger partial charge in [0, 0.05) is 48.5 Å². The van der Waals surface area contributed by atoms with Crippen LogP contribution >= 0.6 is 0 Å². The number of fused-ring (bicyclic) bond motifs is 8. The molecule has 9 rings (SSSR count). The van der Waals surface area contributed by atoms with Crippen molar-refractivity contribution >= 4 is 46.4 Å². The molecule has 7 aromatic heterocycles. The van der Waals surface area contributed by atoms with E-state index in [1.54, 1.807) is 121 Å². The van der Waals surface area contributed by atoms with E-state index in [1.807, 2.05) is 0 Å². The van der Waals surface area contributed by atoms with Gasteiger partial charge < -0.3 is 9.97 Å². The monoisotopic (exact) mass is 1010 g/mol. The summed E-state index contributed by atoms with van der Waals surface area (Å²) < 4.78 is 172. The summed E-state index contributed by atoms with van der Waals surface area (Å²) in [6, 6.07) is 25.9. The summed E-state index contributed by atoms with van der Waals surface area (Å²) in [5, 5.41) is 0. The zero-order valence-corrected chi connectivity index (χ0v) is 37.7. The van der Waals surface area contributed by atoms with Gasteiger partial charge in [-0.2, -0.15) is 71.0 Å². The molecule has 8 bridgehead atoms. The molecule has 72 heavy (non-hydrogen) atoms. The molecule has 0 unspecified atom stereocenters. The van der Waals surface area contributed by atoms with Gasteiger partial charge in [-0.05, 0) is 72.8 Å². The van der Waals surface area contributed by atoms with E-state index in [9.17, 15) is 52.7 Å². The number of nitrogens with one attached hydrogen (secondary N) is 2. The van der Waals surface area contributed by atoms with Crippen molar-refractivity contribution in [2.45, 2.75) is 76.6 Å². The molecule has 2 aliphatic rings. The number of rotatable bonds is 12. The Kier molecular flexibility index (Phi) is 13.4. The third-order valence-electron chi connectivity index (χ3n) is 12.1. The van der Waals surface area contributed by atoms with E-state index < -0.39 is 76.6 Å². The van der Waals surface area contributed by atoms with Gasteiger partial charge in [0.2, 0.25) is 22.8 Å². The van der Waals surface area contributed by atoms with Crippen molar-refractivity contribution in [1.29, 1.82) is 0 Å². The van der Waals surface area contributed by atoms with Crippen LogP contribution in [0, 0.1) is 0 Å². The van der Waals surface area contributed by atoms with E-state index >= 15 is 0 Å². The minimum Gasteiger partial charge on any atom is -0.354 e. The fourth-order valence-electron chi connectivity index (χ4n) is 8.87. The Hall–Kier alpha value is -7.64. The van der Waals surface area contributed by atoms with Crippen LogP contribution in [0.15, 0.2) is 122 Å². The molecule has 0 radical (unpaired) electrons. The standard InChI is InChI=1S/C52H41F12N8/c53-49(54,55)21-29-69-25-5-1-9-41(69)45-33-13-15-35(65-33)46(42-10-2-6-26-70(42)30-22-50(56,57)58)37-17-19-39(67-37)48(44-12-4-8-28-72(44)32-24-52(62,63)64)40-20-18-38(68-40)47(36-16-14-34(45)66-36)43-11-3-7-27-71(43)31-23-51(59,60)61/h1-20,25-28H,21-24,29-32H2,(H,65,66,67,68)/q+3/p+1. The maximum Gasteiger partial charge on any atom is 0.395 e. The van der Waals surface area contributed by atoms with Crippen molar-refractivity contribution in [2.24, 2.45) is 0 Å². The molecule has 9 heterocycles. The summed E-state index contributed by atoms with van der Waals surface area (Å²) >= 11 is 0. The van der Waals surface area contributed by atoms with E-state index in [0.29, 0.717) is 67.1 Å². The number of aryl methyl sites for hydroxylation is 4. The van der Waals surface area contributed by atoms with Gasteiger partial charge in [-0.15, -0.1) is 0 Å². The number of H-pyrrole nitrogens is 2. The van der Waals surface area contributed by atoms with E-state index in [1.165, 1.54) is 43.1 Å². The molecule has 0 spiro atoms. The topological polar surface area (TPSA) is 72.9 Å². The van der Waals surface area contributed by atoms with Crippen molar-refractivity contribution in [1.82, 2.24) is 19.9 Å². The van der Waals surface area contributed by atoms with Crippen LogP contribution in [0.1, 0.15) is 48.5 Å². The first kappa shape index (κ1) is 49.3. The molecular weight excluding hydrogens is 965 g/mol. The molecule has 2 aliphatic heterocycles. The Morgan fingerprint density at radius 1 is 0.319 bits per heavy atom. The van der Waals surface area contributed by atoms with Gasteiger partial charge in [-0.1, -0.05) is 0 Å². The number of aromatic nitrogens is 8. The van der Waals surface area contributed by atoms with Crippen molar-refractivity contribution in [3.05, 3.63) is 145 Å². The summed E-state index contributed by atoms with van der Waals surface area (Å²) in [4.78, 5) is 16.9. The Morgan fingerprint density at radius 3 is 0.750 bits per heavy atom. The van der Waals surface area contributed by atoms with Crippen LogP contribution in [0.2, 0.25) is 0 Å². The van der Waals surface area contributed by atoms with E-state index in [2.05, 4.69) is 9.97 Å². The molecule has 0 atom stereocenters. The molecule has 2 N–H and O–H groups in total. The number of pyridine rings is 4. The van der Waals surface area contributed by atoms with Crippen molar-refractivity contribution in [2.75, 3.05) is 0 Å². The second-order valence-corrected chi connectivity index (χ2v) is 17.1. The summed E-state index contributed by atoms with van der Waals surface area (Å²) in [7, 11) is 0. The lowest BCUT2D eigenvalue weighted by atomic mass is 10.1. The number of hydrogen-bond acceptors (Lipinski definition) is 2. The second kappa shape index (κ2) is 19.5. The van der Waals surface area contributed by atoms with Gasteiger partial charge in [0.25, 0.3) is 0 Å². The predicted molar refractivity (Wildman–Crippen MR) is 244 cm³/mol. The summed E-state index contributed by atoms with van der Waals surface area (Å²) in [5.74, 6) is 0. The third kappa shape index (κ3) is 11.3. The van der Waals surface area contributed by atoms with Crippen LogP contribution in [0.25, 0.3) is 91.4 Å². The van der Waals surface area contributed by atoms with Gasteiger partial charge in [-0.25, -0.2) is 9.97 Å². The lowest BCUT2D eigenvalue weighted by Gasteiger charge is -2.09. The zero-order valence-electron chi connectivity index (χ0n) is 37.7. The Morgan fingerprint density at radius 2 is 0.542 bits per heavy atom. The van der Waals surface area contributed by atoms with Gasteiger partial charge in [-0.3, -0.25) is 0 Å². The van der Waals surface area contributed by atoms with Crippen molar-refractivity contribution in [3.8, 4) is 45.0 Å². The normalized spacial score (nSPS) is 13.1. The molecule has 0 aliphatic carbocycles. The quantitative estimate of drug-likeness (QED) is 0.0945. The summed E-state index contributed by atoms with van der Waals surface area (Å²) in [6.07, 6.45) is -10.4. The molecule has 0 saturated heterocycles. The van der Waals surface area contributed by atoms with Crippen LogP contribution in [0.5, 0.6) is 0 Å². The van der Waals surface area contributed by atoms with Crippen LogP contribution in [0.4, 0.5) is 52.7 Å².